The van der Waals surface area contributed by atoms with E-state index in [-0.39, 0.29) is 36.8 Å². The molecule has 0 spiro atoms. The summed E-state index contributed by atoms with van der Waals surface area (Å²) in [6, 6.07) is 0. The number of aromatic nitrogens is 2. The molecule has 27 heavy (non-hydrogen) atoms. The van der Waals surface area contributed by atoms with E-state index in [1.807, 2.05) is 0 Å². The fourth-order valence-electron chi connectivity index (χ4n) is 3.11. The van der Waals surface area contributed by atoms with Crippen LogP contribution in [0.2, 0.25) is 0 Å². The van der Waals surface area contributed by atoms with E-state index in [0.29, 0.717) is 5.56 Å². The largest absolute Gasteiger partial charge is 0.463 e. The summed E-state index contributed by atoms with van der Waals surface area (Å²) >= 11 is 0. The number of ether oxygens (including phenoxy) is 3. The van der Waals surface area contributed by atoms with Gasteiger partial charge in [-0.3, -0.25) is 23.9 Å². The first-order valence-electron chi connectivity index (χ1n) is 9.27. The van der Waals surface area contributed by atoms with Crippen molar-refractivity contribution in [3.63, 3.8) is 0 Å². The predicted molar refractivity (Wildman–Crippen MR) is 90.9 cm³/mol. The third kappa shape index (κ3) is 3.97. The van der Waals surface area contributed by atoms with E-state index in [1.54, 1.807) is 6.92 Å². The van der Waals surface area contributed by atoms with Gasteiger partial charge in [0.15, 0.2) is 0 Å². The Labute approximate surface area is 154 Å². The Morgan fingerprint density at radius 3 is 2.52 bits per heavy atom. The zero-order chi connectivity index (χ0) is 19.1. The van der Waals surface area contributed by atoms with E-state index in [1.165, 1.54) is 10.8 Å². The number of hydrogen-bond donors (Lipinski definition) is 1. The topological polar surface area (TPSA) is 117 Å². The van der Waals surface area contributed by atoms with Crippen LogP contribution in [0.4, 0.5) is 0 Å². The van der Waals surface area contributed by atoms with Crippen LogP contribution in [-0.4, -0.2) is 40.3 Å². The Hall–Kier alpha value is -2.42. The zero-order valence-electron chi connectivity index (χ0n) is 15.0. The van der Waals surface area contributed by atoms with Gasteiger partial charge in [-0.15, -0.1) is 0 Å². The highest BCUT2D eigenvalue weighted by Crippen LogP contribution is 2.35. The van der Waals surface area contributed by atoms with Crippen LogP contribution >= 0.6 is 0 Å². The van der Waals surface area contributed by atoms with Gasteiger partial charge in [-0.05, 0) is 32.6 Å². The van der Waals surface area contributed by atoms with Gasteiger partial charge in [0.1, 0.15) is 25.0 Å². The fraction of sp³-hybridized carbons (Fsp3) is 0.667. The number of nitrogens with zero attached hydrogens (tertiary/aromatic N) is 1. The Bertz CT molecular complexity index is 865. The normalized spacial score (nSPS) is 27.4. The molecular weight excluding hydrogens is 356 g/mol. The minimum atomic E-state index is -0.713. The van der Waals surface area contributed by atoms with Crippen molar-refractivity contribution in [2.24, 2.45) is 11.8 Å². The van der Waals surface area contributed by atoms with Crippen molar-refractivity contribution in [2.75, 3.05) is 6.61 Å². The average Bonchev–Trinajstić information content (AvgIpc) is 3.52. The Morgan fingerprint density at radius 1 is 1.19 bits per heavy atom. The van der Waals surface area contributed by atoms with Crippen LogP contribution in [0, 0.1) is 18.8 Å². The molecule has 3 fully saturated rings. The maximum absolute atomic E-state index is 12.1. The van der Waals surface area contributed by atoms with E-state index in [9.17, 15) is 19.2 Å². The van der Waals surface area contributed by atoms with Gasteiger partial charge in [0, 0.05) is 18.2 Å². The molecular formula is C18H22N2O7. The Balaban J connectivity index is 1.49. The van der Waals surface area contributed by atoms with Crippen molar-refractivity contribution in [1.82, 2.24) is 9.55 Å². The van der Waals surface area contributed by atoms with Crippen molar-refractivity contribution in [2.45, 2.75) is 57.5 Å². The van der Waals surface area contributed by atoms with Gasteiger partial charge >= 0.3 is 17.6 Å². The molecule has 146 valence electrons. The van der Waals surface area contributed by atoms with Crippen LogP contribution in [0.25, 0.3) is 0 Å². The average molecular weight is 378 g/mol. The molecule has 2 saturated carbocycles. The molecule has 9 nitrogen and oxygen atoms in total. The maximum atomic E-state index is 12.1. The molecule has 1 saturated heterocycles. The minimum absolute atomic E-state index is 0.0362. The molecule has 3 atom stereocenters. The molecule has 0 aromatic carbocycles. The summed E-state index contributed by atoms with van der Waals surface area (Å²) < 4.78 is 18.0. The quantitative estimate of drug-likeness (QED) is 0.713. The number of esters is 2. The molecule has 0 amide bonds. The van der Waals surface area contributed by atoms with Gasteiger partial charge in [-0.25, -0.2) is 4.79 Å². The lowest BCUT2D eigenvalue weighted by Gasteiger charge is -2.18. The van der Waals surface area contributed by atoms with Crippen LogP contribution in [0.5, 0.6) is 0 Å². The van der Waals surface area contributed by atoms with Crippen molar-refractivity contribution in [1.29, 1.82) is 0 Å². The van der Waals surface area contributed by atoms with E-state index in [0.717, 1.165) is 25.7 Å². The Morgan fingerprint density at radius 2 is 1.85 bits per heavy atom. The summed E-state index contributed by atoms with van der Waals surface area (Å²) in [5.41, 5.74) is -0.687. The molecule has 1 aromatic rings. The lowest BCUT2D eigenvalue weighted by molar-refractivity contribution is -0.159. The number of hydrogen-bond acceptors (Lipinski definition) is 7. The summed E-state index contributed by atoms with van der Waals surface area (Å²) in [6.07, 6.45) is 2.98. The van der Waals surface area contributed by atoms with Crippen molar-refractivity contribution >= 4 is 11.9 Å². The molecule has 3 aliphatic rings. The first-order valence-corrected chi connectivity index (χ1v) is 9.27. The molecule has 2 aliphatic carbocycles. The monoisotopic (exact) mass is 378 g/mol. The van der Waals surface area contributed by atoms with Crippen LogP contribution in [0.15, 0.2) is 15.8 Å². The maximum Gasteiger partial charge on any atom is 0.330 e. The van der Waals surface area contributed by atoms with Gasteiger partial charge in [0.05, 0.1) is 11.8 Å². The highest BCUT2D eigenvalue weighted by atomic mass is 16.6. The lowest BCUT2D eigenvalue weighted by atomic mass is 10.2. The van der Waals surface area contributed by atoms with Gasteiger partial charge in [-0.2, -0.15) is 0 Å². The fourth-order valence-corrected chi connectivity index (χ4v) is 3.11. The second-order valence-electron chi connectivity index (χ2n) is 7.50. The number of rotatable bonds is 6. The molecule has 4 rings (SSSR count). The smallest absolute Gasteiger partial charge is 0.330 e. The summed E-state index contributed by atoms with van der Waals surface area (Å²) in [4.78, 5) is 49.8. The molecule has 0 radical (unpaired) electrons. The molecule has 0 unspecified atom stereocenters. The zero-order valence-corrected chi connectivity index (χ0v) is 15.0. The van der Waals surface area contributed by atoms with Gasteiger partial charge in [0.2, 0.25) is 0 Å². The first-order chi connectivity index (χ1) is 12.9. The third-order valence-electron chi connectivity index (χ3n) is 5.12. The summed E-state index contributed by atoms with van der Waals surface area (Å²) in [7, 11) is 0. The van der Waals surface area contributed by atoms with E-state index >= 15 is 0 Å². The van der Waals surface area contributed by atoms with Gasteiger partial charge < -0.3 is 14.2 Å². The molecule has 0 bridgehead atoms. The van der Waals surface area contributed by atoms with E-state index in [2.05, 4.69) is 4.98 Å². The first kappa shape index (κ1) is 18.0. The molecule has 1 aromatic heterocycles. The number of H-pyrrole nitrogens is 1. The lowest BCUT2D eigenvalue weighted by Crippen LogP contribution is -2.33. The molecule has 1 N–H and O–H groups in total. The summed E-state index contributed by atoms with van der Waals surface area (Å²) in [5.74, 6) is -0.671. The minimum Gasteiger partial charge on any atom is -0.463 e. The van der Waals surface area contributed by atoms with Gasteiger partial charge in [0.25, 0.3) is 5.56 Å². The predicted octanol–water partition coefficient (Wildman–Crippen LogP) is 0.408. The molecule has 9 heteroatoms. The number of nitrogens with one attached hydrogen (secondary N) is 1. The van der Waals surface area contributed by atoms with Crippen LogP contribution < -0.4 is 11.2 Å². The number of aromatic amines is 1. The summed E-state index contributed by atoms with van der Waals surface area (Å²) in [5, 5.41) is 0. The second-order valence-corrected chi connectivity index (χ2v) is 7.50. The molecule has 1 aliphatic heterocycles. The highest BCUT2D eigenvalue weighted by Gasteiger charge is 2.43. The van der Waals surface area contributed by atoms with Crippen LogP contribution in [-0.2, 0) is 23.8 Å². The SMILES string of the molecule is Cc1cn([C@H]2C[C@H](OC(=O)C3CC3)[C@@H](COC(=O)C3CC3)O2)c(=O)[nH]c1=O. The van der Waals surface area contributed by atoms with Crippen molar-refractivity contribution in [3.8, 4) is 0 Å². The highest BCUT2D eigenvalue weighted by molar-refractivity contribution is 5.75. The van der Waals surface area contributed by atoms with Crippen molar-refractivity contribution in [3.05, 3.63) is 32.6 Å². The van der Waals surface area contributed by atoms with Crippen LogP contribution in [0.3, 0.4) is 0 Å². The van der Waals surface area contributed by atoms with Gasteiger partial charge in [-0.1, -0.05) is 0 Å². The summed E-state index contributed by atoms with van der Waals surface area (Å²) in [6.45, 7) is 1.55. The second kappa shape index (κ2) is 6.95. The van der Waals surface area contributed by atoms with E-state index < -0.39 is 29.7 Å². The number of carbonyl (C=O) groups excluding carboxylic acids is 2. The number of aryl methyl sites for hydroxylation is 1. The van der Waals surface area contributed by atoms with Crippen LogP contribution in [0.1, 0.15) is 43.9 Å². The standard InChI is InChI=1S/C18H22N2O7/c1-9-7-20(18(24)19-15(9)21)14-6-12(27-17(23)11-4-5-11)13(26-14)8-25-16(22)10-2-3-10/h7,10-14H,2-6,8H2,1H3,(H,19,21,24)/t12-,13+,14+/m0/s1. The van der Waals surface area contributed by atoms with Crippen molar-refractivity contribution < 1.29 is 23.8 Å². The van der Waals surface area contributed by atoms with E-state index in [4.69, 9.17) is 14.2 Å². The third-order valence-corrected chi connectivity index (χ3v) is 5.12. The Kier molecular flexibility index (Phi) is 4.63. The number of carbonyl (C=O) groups is 2. The molecule has 2 heterocycles.